The standard InChI is InChI=1S/C19H25N3O4S/c1-12-10-20-17(23)14-6-5-7-15(16(12)14)27(25)22-9-8-13(11-22)21-18(24)26-19(2,3)4/h5-7,10,13H,8-9,11H2,1-4H3,(H,20,23)(H,21,24). The van der Waals surface area contributed by atoms with E-state index < -0.39 is 22.7 Å². The van der Waals surface area contributed by atoms with Gasteiger partial charge in [0.15, 0.2) is 0 Å². The number of H-pyrrole nitrogens is 1. The Labute approximate surface area is 160 Å². The van der Waals surface area contributed by atoms with Gasteiger partial charge in [0.1, 0.15) is 16.6 Å². The van der Waals surface area contributed by atoms with Crippen LogP contribution in [-0.4, -0.2) is 44.3 Å². The minimum Gasteiger partial charge on any atom is -0.444 e. The molecule has 1 aliphatic heterocycles. The number of alkyl carbamates (subject to hydrolysis) is 1. The van der Waals surface area contributed by atoms with Crippen molar-refractivity contribution in [1.82, 2.24) is 14.6 Å². The monoisotopic (exact) mass is 391 g/mol. The van der Waals surface area contributed by atoms with Gasteiger partial charge in [-0.25, -0.2) is 13.3 Å². The lowest BCUT2D eigenvalue weighted by Gasteiger charge is -2.22. The van der Waals surface area contributed by atoms with E-state index in [1.54, 1.807) is 24.4 Å². The van der Waals surface area contributed by atoms with E-state index in [9.17, 15) is 13.8 Å². The normalized spacial score (nSPS) is 19.2. The second kappa shape index (κ2) is 7.44. The molecule has 0 aliphatic carbocycles. The molecule has 0 radical (unpaired) electrons. The van der Waals surface area contributed by atoms with Gasteiger partial charge in [-0.3, -0.25) is 4.79 Å². The molecule has 0 saturated carbocycles. The molecule has 1 saturated heterocycles. The van der Waals surface area contributed by atoms with Crippen LogP contribution in [-0.2, 0) is 15.7 Å². The Morgan fingerprint density at radius 2 is 2.11 bits per heavy atom. The molecule has 1 aliphatic rings. The maximum Gasteiger partial charge on any atom is 0.407 e. The lowest BCUT2D eigenvalue weighted by atomic mass is 10.1. The fraction of sp³-hybridized carbons (Fsp3) is 0.474. The van der Waals surface area contributed by atoms with Crippen LogP contribution in [0, 0.1) is 6.92 Å². The maximum atomic E-state index is 13.2. The van der Waals surface area contributed by atoms with Crippen LogP contribution in [0.25, 0.3) is 10.8 Å². The number of fused-ring (bicyclic) bond motifs is 1. The van der Waals surface area contributed by atoms with Gasteiger partial charge in [0.25, 0.3) is 5.56 Å². The Hall–Kier alpha value is -2.19. The van der Waals surface area contributed by atoms with Crippen LogP contribution in [0.4, 0.5) is 4.79 Å². The van der Waals surface area contributed by atoms with Crippen LogP contribution in [0.5, 0.6) is 0 Å². The summed E-state index contributed by atoms with van der Waals surface area (Å²) in [5.41, 5.74) is 0.121. The number of nitrogens with one attached hydrogen (secondary N) is 2. The Kier molecular flexibility index (Phi) is 5.39. The van der Waals surface area contributed by atoms with Crippen molar-refractivity contribution in [3.8, 4) is 0 Å². The van der Waals surface area contributed by atoms with Crippen LogP contribution in [0.15, 0.2) is 34.1 Å². The number of amides is 1. The molecule has 8 heteroatoms. The quantitative estimate of drug-likeness (QED) is 0.841. The molecule has 0 spiro atoms. The zero-order chi connectivity index (χ0) is 19.8. The average Bonchev–Trinajstić information content (AvgIpc) is 3.03. The molecule has 2 N–H and O–H groups in total. The molecule has 7 nitrogen and oxygen atoms in total. The highest BCUT2D eigenvalue weighted by atomic mass is 32.2. The Balaban J connectivity index is 1.77. The highest BCUT2D eigenvalue weighted by molar-refractivity contribution is 7.83. The SMILES string of the molecule is Cc1c[nH]c(=O)c2cccc(S(=O)N3CCC(NC(=O)OC(C)(C)C)C3)c12. The second-order valence-corrected chi connectivity index (χ2v) is 9.20. The van der Waals surface area contributed by atoms with Gasteiger partial charge in [-0.15, -0.1) is 0 Å². The van der Waals surface area contributed by atoms with Gasteiger partial charge in [0.2, 0.25) is 0 Å². The third-order valence-electron chi connectivity index (χ3n) is 4.38. The first-order valence-corrected chi connectivity index (χ1v) is 10.0. The summed E-state index contributed by atoms with van der Waals surface area (Å²) in [6.07, 6.45) is 1.87. The fourth-order valence-electron chi connectivity index (χ4n) is 3.21. The van der Waals surface area contributed by atoms with Crippen molar-refractivity contribution >= 4 is 27.9 Å². The molecule has 1 fully saturated rings. The zero-order valence-corrected chi connectivity index (χ0v) is 16.8. The van der Waals surface area contributed by atoms with Crippen molar-refractivity contribution in [1.29, 1.82) is 0 Å². The molecule has 1 amide bonds. The number of benzene rings is 1. The third kappa shape index (κ3) is 4.39. The van der Waals surface area contributed by atoms with E-state index in [1.165, 1.54) is 0 Å². The molecule has 3 rings (SSSR count). The van der Waals surface area contributed by atoms with E-state index in [-0.39, 0.29) is 11.6 Å². The summed E-state index contributed by atoms with van der Waals surface area (Å²) in [4.78, 5) is 27.4. The van der Waals surface area contributed by atoms with Crippen LogP contribution < -0.4 is 10.9 Å². The predicted molar refractivity (Wildman–Crippen MR) is 105 cm³/mol. The number of hydrogen-bond donors (Lipinski definition) is 2. The average molecular weight is 391 g/mol. The number of ether oxygens (including phenoxy) is 1. The number of hydrogen-bond acceptors (Lipinski definition) is 4. The van der Waals surface area contributed by atoms with Crippen molar-refractivity contribution in [2.45, 2.75) is 50.7 Å². The van der Waals surface area contributed by atoms with E-state index >= 15 is 0 Å². The van der Waals surface area contributed by atoms with E-state index in [2.05, 4.69) is 10.3 Å². The highest BCUT2D eigenvalue weighted by Gasteiger charge is 2.30. The first-order chi connectivity index (χ1) is 12.7. The summed E-state index contributed by atoms with van der Waals surface area (Å²) in [6.45, 7) is 8.37. The molecular formula is C19H25N3O4S. The molecule has 2 heterocycles. The maximum absolute atomic E-state index is 13.2. The molecule has 146 valence electrons. The number of aromatic nitrogens is 1. The Morgan fingerprint density at radius 1 is 1.37 bits per heavy atom. The lowest BCUT2D eigenvalue weighted by Crippen LogP contribution is -2.40. The van der Waals surface area contributed by atoms with Crippen LogP contribution >= 0.6 is 0 Å². The number of pyridine rings is 1. The molecule has 2 unspecified atom stereocenters. The molecule has 1 aromatic heterocycles. The fourth-order valence-corrected chi connectivity index (χ4v) is 4.71. The predicted octanol–water partition coefficient (Wildman–Crippen LogP) is 2.46. The number of nitrogens with zero attached hydrogens (tertiary/aromatic N) is 1. The molecule has 1 aromatic carbocycles. The van der Waals surface area contributed by atoms with Crippen molar-refractivity contribution < 1.29 is 13.7 Å². The number of aromatic amines is 1. The largest absolute Gasteiger partial charge is 0.444 e. The summed E-state index contributed by atoms with van der Waals surface area (Å²) >= 11 is 0. The van der Waals surface area contributed by atoms with Crippen LogP contribution in [0.3, 0.4) is 0 Å². The topological polar surface area (TPSA) is 91.5 Å². The number of rotatable bonds is 3. The van der Waals surface area contributed by atoms with Crippen molar-refractivity contribution in [3.63, 3.8) is 0 Å². The van der Waals surface area contributed by atoms with Gasteiger partial charge in [0.05, 0.1) is 4.90 Å². The Bertz CT molecular complexity index is 948. The van der Waals surface area contributed by atoms with Gasteiger partial charge in [0, 0.05) is 36.1 Å². The molecule has 2 atom stereocenters. The van der Waals surface area contributed by atoms with Crippen molar-refractivity contribution in [2.24, 2.45) is 0 Å². The van der Waals surface area contributed by atoms with Gasteiger partial charge in [-0.05, 0) is 51.8 Å². The summed E-state index contributed by atoms with van der Waals surface area (Å²) in [7, 11) is -1.42. The summed E-state index contributed by atoms with van der Waals surface area (Å²) in [5.74, 6) is 0. The lowest BCUT2D eigenvalue weighted by molar-refractivity contribution is 0.0507. The van der Waals surface area contributed by atoms with Crippen LogP contribution in [0.1, 0.15) is 32.8 Å². The van der Waals surface area contributed by atoms with Crippen molar-refractivity contribution in [3.05, 3.63) is 40.3 Å². The summed E-state index contributed by atoms with van der Waals surface area (Å²) in [5, 5.41) is 4.09. The smallest absolute Gasteiger partial charge is 0.407 e. The van der Waals surface area contributed by atoms with Crippen LogP contribution in [0.2, 0.25) is 0 Å². The molecule has 27 heavy (non-hydrogen) atoms. The Morgan fingerprint density at radius 3 is 2.81 bits per heavy atom. The highest BCUT2D eigenvalue weighted by Crippen LogP contribution is 2.26. The molecule has 0 bridgehead atoms. The van der Waals surface area contributed by atoms with E-state index in [0.717, 1.165) is 10.9 Å². The van der Waals surface area contributed by atoms with E-state index in [0.29, 0.717) is 29.8 Å². The second-order valence-electron chi connectivity index (χ2n) is 7.75. The van der Waals surface area contributed by atoms with Crippen molar-refractivity contribution in [2.75, 3.05) is 13.1 Å². The minimum atomic E-state index is -1.42. The molecular weight excluding hydrogens is 366 g/mol. The van der Waals surface area contributed by atoms with Gasteiger partial charge >= 0.3 is 6.09 Å². The summed E-state index contributed by atoms with van der Waals surface area (Å²) in [6, 6.07) is 5.15. The van der Waals surface area contributed by atoms with Gasteiger partial charge in [-0.1, -0.05) is 6.07 Å². The zero-order valence-electron chi connectivity index (χ0n) is 16.0. The number of carbonyl (C=O) groups is 1. The third-order valence-corrected chi connectivity index (χ3v) is 5.90. The van der Waals surface area contributed by atoms with E-state index in [4.69, 9.17) is 4.74 Å². The minimum absolute atomic E-state index is 0.122. The van der Waals surface area contributed by atoms with Gasteiger partial charge in [-0.2, -0.15) is 0 Å². The summed E-state index contributed by atoms with van der Waals surface area (Å²) < 4.78 is 20.3. The molecule has 2 aromatic rings. The number of aryl methyl sites for hydroxylation is 1. The first kappa shape index (κ1) is 19.6. The first-order valence-electron chi connectivity index (χ1n) is 8.93. The van der Waals surface area contributed by atoms with E-state index in [1.807, 2.05) is 32.0 Å². The van der Waals surface area contributed by atoms with Gasteiger partial charge < -0.3 is 15.0 Å². The number of carbonyl (C=O) groups excluding carboxylic acids is 1.